The lowest BCUT2D eigenvalue weighted by atomic mass is 10.1. The van der Waals surface area contributed by atoms with Crippen LogP contribution in [0.15, 0.2) is 30.9 Å². The van der Waals surface area contributed by atoms with Gasteiger partial charge in [0.1, 0.15) is 5.75 Å². The highest BCUT2D eigenvalue weighted by molar-refractivity contribution is 7.81. The molecule has 1 N–H and O–H groups in total. The Labute approximate surface area is 101 Å². The number of benzene rings is 1. The van der Waals surface area contributed by atoms with Gasteiger partial charge in [-0.25, -0.2) is 0 Å². The minimum Gasteiger partial charge on any atom is -0.493 e. The molecule has 0 aliphatic carbocycles. The highest BCUT2D eigenvalue weighted by atomic mass is 32.3. The van der Waals surface area contributed by atoms with Crippen molar-refractivity contribution < 1.29 is 21.9 Å². The van der Waals surface area contributed by atoms with E-state index in [1.807, 2.05) is 6.92 Å². The van der Waals surface area contributed by atoms with Crippen LogP contribution in [0.25, 0.3) is 0 Å². The van der Waals surface area contributed by atoms with Gasteiger partial charge in [0, 0.05) is 5.56 Å². The molecule has 1 rings (SSSR count). The summed E-state index contributed by atoms with van der Waals surface area (Å²) in [5, 5.41) is 0. The number of hydrogen-bond acceptors (Lipinski definition) is 4. The fourth-order valence-electron chi connectivity index (χ4n) is 1.37. The maximum atomic E-state index is 10.7. The van der Waals surface area contributed by atoms with E-state index < -0.39 is 10.4 Å². The average molecular weight is 258 g/mol. The molecule has 0 aliphatic heterocycles. The molecule has 0 saturated heterocycles. The molecule has 0 aromatic heterocycles. The molecule has 1 aromatic carbocycles. The zero-order valence-corrected chi connectivity index (χ0v) is 10.2. The largest absolute Gasteiger partial charge is 0.493 e. The van der Waals surface area contributed by atoms with Crippen molar-refractivity contribution in [2.24, 2.45) is 0 Å². The van der Waals surface area contributed by atoms with Crippen molar-refractivity contribution in [1.29, 1.82) is 0 Å². The summed E-state index contributed by atoms with van der Waals surface area (Å²) in [5.41, 5.74) is 0.530. The normalized spacial score (nSPS) is 10.9. The van der Waals surface area contributed by atoms with Gasteiger partial charge in [0.05, 0.1) is 6.61 Å². The van der Waals surface area contributed by atoms with Crippen LogP contribution in [0.1, 0.15) is 12.5 Å². The van der Waals surface area contributed by atoms with Gasteiger partial charge in [0.15, 0.2) is 5.75 Å². The number of rotatable bonds is 6. The molecule has 0 heterocycles. The lowest BCUT2D eigenvalue weighted by Crippen LogP contribution is -2.09. The highest BCUT2D eigenvalue weighted by Crippen LogP contribution is 2.30. The van der Waals surface area contributed by atoms with Gasteiger partial charge in [-0.3, -0.25) is 4.55 Å². The molecule has 0 fully saturated rings. The van der Waals surface area contributed by atoms with Crippen LogP contribution in [0, 0.1) is 0 Å². The summed E-state index contributed by atoms with van der Waals surface area (Å²) in [5.74, 6) is 0.548. The number of ether oxygens (including phenoxy) is 1. The summed E-state index contributed by atoms with van der Waals surface area (Å²) in [6.45, 7) is 5.83. The Morgan fingerprint density at radius 2 is 2.06 bits per heavy atom. The Hall–Kier alpha value is -1.53. The number of allylic oxidation sites excluding steroid dienone is 1. The molecule has 94 valence electrons. The first-order valence-electron chi connectivity index (χ1n) is 5.00. The zero-order chi connectivity index (χ0) is 12.9. The van der Waals surface area contributed by atoms with Crippen molar-refractivity contribution in [3.8, 4) is 11.5 Å². The van der Waals surface area contributed by atoms with Crippen LogP contribution in [0.5, 0.6) is 11.5 Å². The molecule has 17 heavy (non-hydrogen) atoms. The first-order valence-corrected chi connectivity index (χ1v) is 6.37. The molecule has 0 aliphatic rings. The lowest BCUT2D eigenvalue weighted by molar-refractivity contribution is 0.334. The molecule has 6 heteroatoms. The average Bonchev–Trinajstić information content (AvgIpc) is 2.21. The van der Waals surface area contributed by atoms with Crippen molar-refractivity contribution in [2.45, 2.75) is 13.3 Å². The third kappa shape index (κ3) is 4.08. The van der Waals surface area contributed by atoms with Gasteiger partial charge >= 0.3 is 10.4 Å². The second kappa shape index (κ2) is 5.70. The van der Waals surface area contributed by atoms with Crippen molar-refractivity contribution in [1.82, 2.24) is 0 Å². The fourth-order valence-corrected chi connectivity index (χ4v) is 1.76. The molecule has 0 amide bonds. The predicted octanol–water partition coefficient (Wildman–Crippen LogP) is 2.00. The van der Waals surface area contributed by atoms with Crippen LogP contribution in [-0.2, 0) is 16.8 Å². The second-order valence-corrected chi connectivity index (χ2v) is 4.19. The van der Waals surface area contributed by atoms with E-state index in [9.17, 15) is 8.42 Å². The smallest absolute Gasteiger partial charge is 0.446 e. The van der Waals surface area contributed by atoms with Gasteiger partial charge in [0.2, 0.25) is 0 Å². The van der Waals surface area contributed by atoms with Crippen molar-refractivity contribution in [3.05, 3.63) is 36.4 Å². The molecular formula is C11H14O5S. The van der Waals surface area contributed by atoms with Crippen LogP contribution < -0.4 is 8.92 Å². The summed E-state index contributed by atoms with van der Waals surface area (Å²) in [7, 11) is -4.54. The summed E-state index contributed by atoms with van der Waals surface area (Å²) in [6, 6.07) is 4.71. The third-order valence-electron chi connectivity index (χ3n) is 1.93. The lowest BCUT2D eigenvalue weighted by Gasteiger charge is -2.12. The molecule has 1 aromatic rings. The first-order chi connectivity index (χ1) is 7.98. The minimum atomic E-state index is -4.54. The van der Waals surface area contributed by atoms with Crippen molar-refractivity contribution in [2.75, 3.05) is 6.61 Å². The minimum absolute atomic E-state index is 0.0401. The van der Waals surface area contributed by atoms with Gasteiger partial charge in [-0.1, -0.05) is 12.1 Å². The van der Waals surface area contributed by atoms with Gasteiger partial charge in [-0.15, -0.1) is 6.58 Å². The van der Waals surface area contributed by atoms with Gasteiger partial charge in [-0.05, 0) is 25.5 Å². The summed E-state index contributed by atoms with van der Waals surface area (Å²) in [4.78, 5) is 0. The summed E-state index contributed by atoms with van der Waals surface area (Å²) in [6.07, 6.45) is 1.97. The summed E-state index contributed by atoms with van der Waals surface area (Å²) < 4.78 is 39.9. The van der Waals surface area contributed by atoms with E-state index in [4.69, 9.17) is 9.29 Å². The van der Waals surface area contributed by atoms with Crippen molar-refractivity contribution in [3.63, 3.8) is 0 Å². The predicted molar refractivity (Wildman–Crippen MR) is 63.7 cm³/mol. The van der Waals surface area contributed by atoms with E-state index in [1.54, 1.807) is 18.2 Å². The first kappa shape index (κ1) is 13.5. The monoisotopic (exact) mass is 258 g/mol. The van der Waals surface area contributed by atoms with Crippen LogP contribution in [0.2, 0.25) is 0 Å². The quantitative estimate of drug-likeness (QED) is 0.624. The molecule has 5 nitrogen and oxygen atoms in total. The summed E-state index contributed by atoms with van der Waals surface area (Å²) >= 11 is 0. The van der Waals surface area contributed by atoms with E-state index in [0.717, 1.165) is 0 Å². The fraction of sp³-hybridized carbons (Fsp3) is 0.273. The topological polar surface area (TPSA) is 72.8 Å². The standard InChI is InChI=1S/C11H14O5S/c1-3-6-9-10(15-4-2)7-5-8-11(9)16-17(12,13)14/h3,5,7-8H,1,4,6H2,2H3,(H,12,13,14). The van der Waals surface area contributed by atoms with E-state index >= 15 is 0 Å². The van der Waals surface area contributed by atoms with Crippen LogP contribution in [0.4, 0.5) is 0 Å². The second-order valence-electron chi connectivity index (χ2n) is 3.17. The maximum Gasteiger partial charge on any atom is 0.446 e. The Balaban J connectivity index is 3.18. The molecule has 0 bridgehead atoms. The van der Waals surface area contributed by atoms with Gasteiger partial charge in [0.25, 0.3) is 0 Å². The van der Waals surface area contributed by atoms with E-state index in [1.165, 1.54) is 6.07 Å². The molecule has 0 atom stereocenters. The molecule has 0 saturated carbocycles. The van der Waals surface area contributed by atoms with Crippen molar-refractivity contribution >= 4 is 10.4 Å². The SMILES string of the molecule is C=CCc1c(OCC)cccc1OS(=O)(=O)O. The van der Waals surface area contributed by atoms with Gasteiger partial charge in [-0.2, -0.15) is 8.42 Å². The Morgan fingerprint density at radius 3 is 2.59 bits per heavy atom. The third-order valence-corrected chi connectivity index (χ3v) is 2.32. The van der Waals surface area contributed by atoms with E-state index in [2.05, 4.69) is 10.8 Å². The van der Waals surface area contributed by atoms with Crippen LogP contribution >= 0.6 is 0 Å². The van der Waals surface area contributed by atoms with E-state index in [-0.39, 0.29) is 5.75 Å². The maximum absolute atomic E-state index is 10.7. The van der Waals surface area contributed by atoms with Crippen LogP contribution in [-0.4, -0.2) is 19.6 Å². The highest BCUT2D eigenvalue weighted by Gasteiger charge is 2.14. The zero-order valence-electron chi connectivity index (χ0n) is 9.42. The Bertz CT molecular complexity index is 493. The molecule has 0 unspecified atom stereocenters. The molecule has 0 spiro atoms. The van der Waals surface area contributed by atoms with Gasteiger partial charge < -0.3 is 8.92 Å². The Kier molecular flexibility index (Phi) is 4.53. The van der Waals surface area contributed by atoms with E-state index in [0.29, 0.717) is 24.3 Å². The molecular weight excluding hydrogens is 244 g/mol. The Morgan fingerprint density at radius 1 is 1.41 bits per heavy atom. The number of hydrogen-bond donors (Lipinski definition) is 1. The van der Waals surface area contributed by atoms with Crippen LogP contribution in [0.3, 0.4) is 0 Å². The molecule has 0 radical (unpaired) electrons.